The van der Waals surface area contributed by atoms with Crippen molar-refractivity contribution in [3.8, 4) is 5.75 Å². The van der Waals surface area contributed by atoms with Crippen molar-refractivity contribution in [2.75, 3.05) is 24.6 Å². The van der Waals surface area contributed by atoms with Crippen LogP contribution in [0.3, 0.4) is 0 Å². The number of ether oxygens (including phenoxy) is 1. The monoisotopic (exact) mass is 405 g/mol. The Bertz CT molecular complexity index is 915. The first kappa shape index (κ1) is 19.2. The fourth-order valence-corrected chi connectivity index (χ4v) is 2.91. The molecule has 0 radical (unpaired) electrons. The molecule has 0 aromatic heterocycles. The Morgan fingerprint density at radius 3 is 2.81 bits per heavy atom. The van der Waals surface area contributed by atoms with E-state index in [0.29, 0.717) is 40.3 Å². The molecule has 0 spiro atoms. The molecule has 2 aromatic rings. The number of hydrogen-bond acceptors (Lipinski definition) is 4. The highest BCUT2D eigenvalue weighted by atomic mass is 35.5. The summed E-state index contributed by atoms with van der Waals surface area (Å²) < 4.78 is 5.48. The van der Waals surface area contributed by atoms with Gasteiger partial charge in [-0.2, -0.15) is 0 Å². The maximum Gasteiger partial charge on any atom is 0.265 e. The van der Waals surface area contributed by atoms with E-state index < -0.39 is 0 Å². The topological polar surface area (TPSA) is 71.0 Å². The molecule has 0 saturated heterocycles. The lowest BCUT2D eigenvalue weighted by molar-refractivity contribution is -0.122. The molecular formula is C19H17Cl2N3O3. The fraction of sp³-hybridized carbons (Fsp3) is 0.211. The van der Waals surface area contributed by atoms with Gasteiger partial charge in [-0.3, -0.25) is 14.6 Å². The zero-order valence-electron chi connectivity index (χ0n) is 14.5. The van der Waals surface area contributed by atoms with Crippen LogP contribution in [-0.4, -0.2) is 37.7 Å². The molecule has 1 aliphatic rings. The van der Waals surface area contributed by atoms with Gasteiger partial charge in [0.1, 0.15) is 5.75 Å². The second-order valence-corrected chi connectivity index (χ2v) is 6.72. The van der Waals surface area contributed by atoms with Gasteiger partial charge in [0, 0.05) is 26.2 Å². The predicted octanol–water partition coefficient (Wildman–Crippen LogP) is 3.61. The molecule has 2 aromatic carbocycles. The van der Waals surface area contributed by atoms with E-state index >= 15 is 0 Å². The van der Waals surface area contributed by atoms with Gasteiger partial charge in [-0.1, -0.05) is 29.3 Å². The number of amides is 2. The van der Waals surface area contributed by atoms with Gasteiger partial charge >= 0.3 is 0 Å². The number of carbonyl (C=O) groups is 2. The van der Waals surface area contributed by atoms with Crippen molar-refractivity contribution in [3.63, 3.8) is 0 Å². The fourth-order valence-electron chi connectivity index (χ4n) is 2.60. The first-order valence-electron chi connectivity index (χ1n) is 8.25. The van der Waals surface area contributed by atoms with Crippen LogP contribution in [0.2, 0.25) is 10.0 Å². The Hall–Kier alpha value is -2.57. The standard InChI is InChI=1S/C19H17Cl2N3O3/c1-12(25)22-6-7-24-17-9-14(3-5-18(17)27-11-19(24)26)23-10-13-2-4-15(20)16(21)8-13/h2-5,8-10H,6-7,11H2,1H3,(H,22,25). The number of rotatable bonds is 5. The SMILES string of the molecule is CC(=O)NCCN1C(=O)COc2ccc(N=Cc3ccc(Cl)c(Cl)c3)cc21. The van der Waals surface area contributed by atoms with Crippen LogP contribution < -0.4 is 15.0 Å². The van der Waals surface area contributed by atoms with Gasteiger partial charge in [0.15, 0.2) is 6.61 Å². The van der Waals surface area contributed by atoms with E-state index in [1.54, 1.807) is 41.4 Å². The molecule has 0 unspecified atom stereocenters. The van der Waals surface area contributed by atoms with Gasteiger partial charge in [-0.25, -0.2) is 0 Å². The molecule has 0 fully saturated rings. The number of fused-ring (bicyclic) bond motifs is 1. The molecular weight excluding hydrogens is 389 g/mol. The molecule has 6 nitrogen and oxygen atoms in total. The lowest BCUT2D eigenvalue weighted by Gasteiger charge is -2.29. The second kappa shape index (κ2) is 8.41. The lowest BCUT2D eigenvalue weighted by Crippen LogP contribution is -2.43. The van der Waals surface area contributed by atoms with E-state index in [1.807, 2.05) is 6.07 Å². The van der Waals surface area contributed by atoms with Crippen molar-refractivity contribution in [1.82, 2.24) is 5.32 Å². The van der Waals surface area contributed by atoms with Gasteiger partial charge in [-0.05, 0) is 35.9 Å². The molecule has 8 heteroatoms. The zero-order chi connectivity index (χ0) is 19.4. The summed E-state index contributed by atoms with van der Waals surface area (Å²) in [5, 5.41) is 3.62. The van der Waals surface area contributed by atoms with Crippen LogP contribution in [0.5, 0.6) is 5.75 Å². The summed E-state index contributed by atoms with van der Waals surface area (Å²) in [7, 11) is 0. The minimum atomic E-state index is -0.168. The highest BCUT2D eigenvalue weighted by Gasteiger charge is 2.25. The lowest BCUT2D eigenvalue weighted by atomic mass is 10.2. The van der Waals surface area contributed by atoms with Crippen molar-refractivity contribution in [2.45, 2.75) is 6.92 Å². The number of anilines is 1. The molecule has 1 aliphatic heterocycles. The molecule has 0 atom stereocenters. The Kier molecular flexibility index (Phi) is 5.98. The van der Waals surface area contributed by atoms with Gasteiger partial charge < -0.3 is 15.0 Å². The summed E-state index contributed by atoms with van der Waals surface area (Å²) in [5.41, 5.74) is 2.08. The van der Waals surface area contributed by atoms with Crippen LogP contribution in [0.15, 0.2) is 41.4 Å². The van der Waals surface area contributed by atoms with Crippen LogP contribution in [0.25, 0.3) is 0 Å². The molecule has 0 saturated carbocycles. The van der Waals surface area contributed by atoms with Crippen LogP contribution in [0.1, 0.15) is 12.5 Å². The van der Waals surface area contributed by atoms with Crippen molar-refractivity contribution in [3.05, 3.63) is 52.0 Å². The van der Waals surface area contributed by atoms with Gasteiger partial charge in [0.2, 0.25) is 5.91 Å². The molecule has 27 heavy (non-hydrogen) atoms. The van der Waals surface area contributed by atoms with Gasteiger partial charge in [0.05, 0.1) is 21.4 Å². The third-order valence-corrected chi connectivity index (χ3v) is 4.64. The Balaban J connectivity index is 1.81. The summed E-state index contributed by atoms with van der Waals surface area (Å²) in [6.07, 6.45) is 1.66. The zero-order valence-corrected chi connectivity index (χ0v) is 16.0. The summed E-state index contributed by atoms with van der Waals surface area (Å²) in [6.45, 7) is 2.12. The van der Waals surface area contributed by atoms with E-state index in [9.17, 15) is 9.59 Å². The number of halogens is 2. The van der Waals surface area contributed by atoms with E-state index in [1.165, 1.54) is 6.92 Å². The van der Waals surface area contributed by atoms with Crippen molar-refractivity contribution in [2.24, 2.45) is 4.99 Å². The summed E-state index contributed by atoms with van der Waals surface area (Å²) in [4.78, 5) is 29.3. The first-order chi connectivity index (χ1) is 12.9. The van der Waals surface area contributed by atoms with E-state index in [-0.39, 0.29) is 18.4 Å². The normalized spacial score (nSPS) is 13.4. The minimum Gasteiger partial charge on any atom is -0.482 e. The Morgan fingerprint density at radius 1 is 1.26 bits per heavy atom. The van der Waals surface area contributed by atoms with Gasteiger partial charge in [0.25, 0.3) is 5.91 Å². The minimum absolute atomic E-state index is 0.0288. The van der Waals surface area contributed by atoms with Crippen molar-refractivity contribution < 1.29 is 14.3 Å². The largest absolute Gasteiger partial charge is 0.482 e. The molecule has 2 amide bonds. The van der Waals surface area contributed by atoms with E-state index in [4.69, 9.17) is 27.9 Å². The van der Waals surface area contributed by atoms with Crippen molar-refractivity contribution in [1.29, 1.82) is 0 Å². The molecule has 0 aliphatic carbocycles. The summed E-state index contributed by atoms with van der Waals surface area (Å²) >= 11 is 11.9. The van der Waals surface area contributed by atoms with E-state index in [0.717, 1.165) is 5.56 Å². The Morgan fingerprint density at radius 2 is 2.07 bits per heavy atom. The molecule has 1 N–H and O–H groups in total. The van der Waals surface area contributed by atoms with Crippen LogP contribution in [-0.2, 0) is 9.59 Å². The Labute approximate surface area is 166 Å². The van der Waals surface area contributed by atoms with Crippen molar-refractivity contribution >= 4 is 52.6 Å². The van der Waals surface area contributed by atoms with E-state index in [2.05, 4.69) is 10.3 Å². The quantitative estimate of drug-likeness (QED) is 0.772. The first-order valence-corrected chi connectivity index (χ1v) is 9.00. The molecule has 1 heterocycles. The average Bonchev–Trinajstić information content (AvgIpc) is 2.64. The average molecular weight is 406 g/mol. The molecule has 140 valence electrons. The maximum absolute atomic E-state index is 12.2. The number of hydrogen-bond donors (Lipinski definition) is 1. The smallest absolute Gasteiger partial charge is 0.265 e. The third-order valence-electron chi connectivity index (χ3n) is 3.90. The van der Waals surface area contributed by atoms with Crippen LogP contribution in [0, 0.1) is 0 Å². The van der Waals surface area contributed by atoms with Crippen LogP contribution in [0.4, 0.5) is 11.4 Å². The molecule has 3 rings (SSSR count). The highest BCUT2D eigenvalue weighted by molar-refractivity contribution is 6.42. The number of nitrogens with one attached hydrogen (secondary N) is 1. The van der Waals surface area contributed by atoms with Crippen LogP contribution >= 0.6 is 23.2 Å². The summed E-state index contributed by atoms with van der Waals surface area (Å²) in [5.74, 6) is 0.292. The maximum atomic E-state index is 12.2. The summed E-state index contributed by atoms with van der Waals surface area (Å²) in [6, 6.07) is 10.6. The predicted molar refractivity (Wildman–Crippen MR) is 107 cm³/mol. The van der Waals surface area contributed by atoms with Gasteiger partial charge in [-0.15, -0.1) is 0 Å². The third kappa shape index (κ3) is 4.78. The molecule has 0 bridgehead atoms. The number of aliphatic imine (C=N–C) groups is 1. The number of benzene rings is 2. The number of nitrogens with zero attached hydrogens (tertiary/aromatic N) is 2. The number of carbonyl (C=O) groups excluding carboxylic acids is 2. The highest BCUT2D eigenvalue weighted by Crippen LogP contribution is 2.35. The second-order valence-electron chi connectivity index (χ2n) is 5.90.